The third-order valence-electron chi connectivity index (χ3n) is 5.19. The minimum atomic E-state index is -0.114. The van der Waals surface area contributed by atoms with Crippen LogP contribution in [-0.2, 0) is 11.2 Å². The number of rotatable bonds is 7. The lowest BCUT2D eigenvalue weighted by Gasteiger charge is -2.25. The van der Waals surface area contributed by atoms with Crippen LogP contribution in [0.3, 0.4) is 0 Å². The average molecular weight is 380 g/mol. The van der Waals surface area contributed by atoms with Crippen LogP contribution in [0.25, 0.3) is 0 Å². The molecule has 1 fully saturated rings. The fourth-order valence-corrected chi connectivity index (χ4v) is 3.54. The van der Waals surface area contributed by atoms with Crippen molar-refractivity contribution in [2.24, 2.45) is 0 Å². The van der Waals surface area contributed by atoms with Crippen molar-refractivity contribution in [3.8, 4) is 5.75 Å². The summed E-state index contributed by atoms with van der Waals surface area (Å²) in [6, 6.07) is 17.8. The molecule has 1 aliphatic heterocycles. The molecule has 5 nitrogen and oxygen atoms in total. The molecule has 1 unspecified atom stereocenters. The molecule has 1 atom stereocenters. The van der Waals surface area contributed by atoms with Crippen LogP contribution in [0.5, 0.6) is 5.75 Å². The van der Waals surface area contributed by atoms with Crippen LogP contribution in [0.15, 0.2) is 54.6 Å². The van der Waals surface area contributed by atoms with E-state index >= 15 is 0 Å². The molecule has 1 aliphatic rings. The van der Waals surface area contributed by atoms with E-state index in [9.17, 15) is 9.59 Å². The number of aryl methyl sites for hydroxylation is 1. The number of carbonyl (C=O) groups excluding carboxylic acids is 2. The zero-order chi connectivity index (χ0) is 19.9. The molecule has 2 aromatic rings. The first-order chi connectivity index (χ1) is 13.5. The molecule has 0 spiro atoms. The van der Waals surface area contributed by atoms with Gasteiger partial charge in [0.2, 0.25) is 0 Å². The predicted molar refractivity (Wildman–Crippen MR) is 109 cm³/mol. The number of benzene rings is 2. The second-order valence-corrected chi connectivity index (χ2v) is 7.42. The van der Waals surface area contributed by atoms with E-state index in [1.807, 2.05) is 17.0 Å². The predicted octanol–water partition coefficient (Wildman–Crippen LogP) is 3.39. The zero-order valence-electron chi connectivity index (χ0n) is 16.6. The summed E-state index contributed by atoms with van der Waals surface area (Å²) < 4.78 is 5.55. The zero-order valence-corrected chi connectivity index (χ0v) is 16.6. The molecule has 0 radical (unpaired) electrons. The number of carbonyl (C=O) groups is 2. The SMILES string of the molecule is CN(C)C(=O)COc1cccc(C(=O)N2CCCC2CCc2ccccc2)c1. The minimum absolute atomic E-state index is 0.0337. The normalized spacial score (nSPS) is 16.1. The Kier molecular flexibility index (Phi) is 6.69. The second-order valence-electron chi connectivity index (χ2n) is 7.42. The van der Waals surface area contributed by atoms with E-state index in [-0.39, 0.29) is 24.5 Å². The highest BCUT2D eigenvalue weighted by molar-refractivity contribution is 5.95. The Hall–Kier alpha value is -2.82. The third-order valence-corrected chi connectivity index (χ3v) is 5.19. The summed E-state index contributed by atoms with van der Waals surface area (Å²) in [6.07, 6.45) is 4.04. The first-order valence-corrected chi connectivity index (χ1v) is 9.82. The lowest BCUT2D eigenvalue weighted by atomic mass is 10.0. The number of hydrogen-bond acceptors (Lipinski definition) is 3. The van der Waals surface area contributed by atoms with Gasteiger partial charge in [-0.05, 0) is 49.4 Å². The molecule has 1 heterocycles. The Bertz CT molecular complexity index is 805. The monoisotopic (exact) mass is 380 g/mol. The van der Waals surface area contributed by atoms with Crippen LogP contribution in [-0.4, -0.2) is 54.9 Å². The van der Waals surface area contributed by atoms with Gasteiger partial charge in [-0.1, -0.05) is 36.4 Å². The van der Waals surface area contributed by atoms with E-state index in [1.165, 1.54) is 10.5 Å². The van der Waals surface area contributed by atoms with Crippen LogP contribution in [0.1, 0.15) is 35.2 Å². The maximum absolute atomic E-state index is 13.1. The van der Waals surface area contributed by atoms with Gasteiger partial charge in [-0.2, -0.15) is 0 Å². The van der Waals surface area contributed by atoms with E-state index in [2.05, 4.69) is 24.3 Å². The van der Waals surface area contributed by atoms with Crippen molar-refractivity contribution in [1.82, 2.24) is 9.80 Å². The summed E-state index contributed by atoms with van der Waals surface area (Å²) in [5, 5.41) is 0. The fraction of sp³-hybridized carbons (Fsp3) is 0.391. The van der Waals surface area contributed by atoms with E-state index in [0.717, 1.165) is 32.2 Å². The summed E-state index contributed by atoms with van der Waals surface area (Å²) in [7, 11) is 3.38. The standard InChI is InChI=1S/C23H28N2O3/c1-24(2)22(26)17-28-21-12-6-10-19(16-21)23(27)25-15-7-11-20(25)14-13-18-8-4-3-5-9-18/h3-6,8-10,12,16,20H,7,11,13-15,17H2,1-2H3. The number of amides is 2. The number of likely N-dealkylation sites (tertiary alicyclic amines) is 1. The molecule has 2 aromatic carbocycles. The molecule has 5 heteroatoms. The molecule has 0 aromatic heterocycles. The van der Waals surface area contributed by atoms with Crippen LogP contribution >= 0.6 is 0 Å². The minimum Gasteiger partial charge on any atom is -0.484 e. The molecule has 28 heavy (non-hydrogen) atoms. The van der Waals surface area contributed by atoms with Gasteiger partial charge in [-0.3, -0.25) is 9.59 Å². The van der Waals surface area contributed by atoms with Crippen molar-refractivity contribution >= 4 is 11.8 Å². The van der Waals surface area contributed by atoms with Gasteiger partial charge in [0.15, 0.2) is 6.61 Å². The molecular formula is C23H28N2O3. The van der Waals surface area contributed by atoms with Crippen molar-refractivity contribution in [3.05, 3.63) is 65.7 Å². The van der Waals surface area contributed by atoms with Crippen molar-refractivity contribution in [3.63, 3.8) is 0 Å². The summed E-state index contributed by atoms with van der Waals surface area (Å²) in [5.41, 5.74) is 1.92. The maximum Gasteiger partial charge on any atom is 0.259 e. The van der Waals surface area contributed by atoms with Gasteiger partial charge in [0.1, 0.15) is 5.75 Å². The molecular weight excluding hydrogens is 352 g/mol. The second kappa shape index (κ2) is 9.40. The number of nitrogens with zero attached hydrogens (tertiary/aromatic N) is 2. The topological polar surface area (TPSA) is 49.9 Å². The Balaban J connectivity index is 1.62. The van der Waals surface area contributed by atoms with Crippen molar-refractivity contribution in [2.45, 2.75) is 31.7 Å². The lowest BCUT2D eigenvalue weighted by molar-refractivity contribution is -0.130. The molecule has 3 rings (SSSR count). The molecule has 0 N–H and O–H groups in total. The van der Waals surface area contributed by atoms with Crippen LogP contribution in [0.4, 0.5) is 0 Å². The van der Waals surface area contributed by atoms with Crippen molar-refractivity contribution < 1.29 is 14.3 Å². The molecule has 0 bridgehead atoms. The quantitative estimate of drug-likeness (QED) is 0.740. The maximum atomic E-state index is 13.1. The highest BCUT2D eigenvalue weighted by atomic mass is 16.5. The van der Waals surface area contributed by atoms with Gasteiger partial charge in [-0.15, -0.1) is 0 Å². The third kappa shape index (κ3) is 5.12. The number of ether oxygens (including phenoxy) is 1. The van der Waals surface area contributed by atoms with Gasteiger partial charge < -0.3 is 14.5 Å². The highest BCUT2D eigenvalue weighted by Gasteiger charge is 2.29. The van der Waals surface area contributed by atoms with Gasteiger partial charge in [0.05, 0.1) is 0 Å². The van der Waals surface area contributed by atoms with E-state index in [1.54, 1.807) is 32.3 Å². The van der Waals surface area contributed by atoms with E-state index in [0.29, 0.717) is 11.3 Å². The molecule has 0 aliphatic carbocycles. The van der Waals surface area contributed by atoms with E-state index in [4.69, 9.17) is 4.74 Å². The summed E-state index contributed by atoms with van der Waals surface area (Å²) in [4.78, 5) is 28.2. The van der Waals surface area contributed by atoms with Crippen LogP contribution < -0.4 is 4.74 Å². The number of hydrogen-bond donors (Lipinski definition) is 0. The van der Waals surface area contributed by atoms with Gasteiger partial charge in [0, 0.05) is 32.2 Å². The molecule has 1 saturated heterocycles. The van der Waals surface area contributed by atoms with Crippen molar-refractivity contribution in [1.29, 1.82) is 0 Å². The first kappa shape index (κ1) is 19.9. The van der Waals surface area contributed by atoms with Crippen molar-refractivity contribution in [2.75, 3.05) is 27.2 Å². The molecule has 0 saturated carbocycles. The smallest absolute Gasteiger partial charge is 0.259 e. The van der Waals surface area contributed by atoms with Gasteiger partial charge in [-0.25, -0.2) is 0 Å². The summed E-state index contributed by atoms with van der Waals surface area (Å²) in [5.74, 6) is 0.471. The first-order valence-electron chi connectivity index (χ1n) is 9.82. The average Bonchev–Trinajstić information content (AvgIpc) is 3.19. The van der Waals surface area contributed by atoms with Gasteiger partial charge in [0.25, 0.3) is 11.8 Å². The van der Waals surface area contributed by atoms with Crippen LogP contribution in [0, 0.1) is 0 Å². The summed E-state index contributed by atoms with van der Waals surface area (Å²) in [6.45, 7) is 0.760. The Labute approximate surface area is 166 Å². The summed E-state index contributed by atoms with van der Waals surface area (Å²) >= 11 is 0. The Morgan fingerprint density at radius 2 is 1.89 bits per heavy atom. The highest BCUT2D eigenvalue weighted by Crippen LogP contribution is 2.25. The Morgan fingerprint density at radius 3 is 2.64 bits per heavy atom. The fourth-order valence-electron chi connectivity index (χ4n) is 3.54. The van der Waals surface area contributed by atoms with E-state index < -0.39 is 0 Å². The molecule has 2 amide bonds. The van der Waals surface area contributed by atoms with Gasteiger partial charge >= 0.3 is 0 Å². The largest absolute Gasteiger partial charge is 0.484 e. The van der Waals surface area contributed by atoms with Crippen LogP contribution in [0.2, 0.25) is 0 Å². The lowest BCUT2D eigenvalue weighted by Crippen LogP contribution is -2.35. The number of likely N-dealkylation sites (N-methyl/N-ethyl adjacent to an activating group) is 1. The Morgan fingerprint density at radius 1 is 1.11 bits per heavy atom. The molecule has 148 valence electrons.